The first-order valence-electron chi connectivity index (χ1n) is 5.45. The summed E-state index contributed by atoms with van der Waals surface area (Å²) in [5.74, 6) is 0. The van der Waals surface area contributed by atoms with E-state index < -0.39 is 0 Å². The minimum atomic E-state index is -0.137. The topological polar surface area (TPSA) is 33.0 Å². The lowest BCUT2D eigenvalue weighted by Gasteiger charge is -2.34. The Kier molecular flexibility index (Phi) is 2.08. The number of fused-ring (bicyclic) bond motifs is 1. The smallest absolute Gasteiger partial charge is 0.0914 e. The van der Waals surface area contributed by atoms with Gasteiger partial charge in [-0.3, -0.25) is 0 Å². The van der Waals surface area contributed by atoms with Gasteiger partial charge in [0.2, 0.25) is 0 Å². The Morgan fingerprint density at radius 1 is 1.47 bits per heavy atom. The summed E-state index contributed by atoms with van der Waals surface area (Å²) in [6.45, 7) is 1.58. The van der Waals surface area contributed by atoms with Gasteiger partial charge in [0.1, 0.15) is 0 Å². The van der Waals surface area contributed by atoms with Crippen molar-refractivity contribution in [1.29, 1.82) is 5.26 Å². The zero-order chi connectivity index (χ0) is 10.3. The second kappa shape index (κ2) is 3.33. The highest BCUT2D eigenvalue weighted by molar-refractivity contribution is 7.12. The highest BCUT2D eigenvalue weighted by atomic mass is 32.1. The molecule has 1 aromatic heterocycles. The quantitative estimate of drug-likeness (QED) is 0.727. The summed E-state index contributed by atoms with van der Waals surface area (Å²) in [7, 11) is 0. The summed E-state index contributed by atoms with van der Waals surface area (Å²) < 4.78 is 5.43. The molecule has 2 nitrogen and oxygen atoms in total. The summed E-state index contributed by atoms with van der Waals surface area (Å²) in [6.07, 6.45) is 4.32. The molecule has 2 aliphatic rings. The van der Waals surface area contributed by atoms with Crippen LogP contribution in [0.25, 0.3) is 0 Å². The van der Waals surface area contributed by atoms with E-state index in [0.717, 1.165) is 32.5 Å². The molecule has 2 heterocycles. The average Bonchev–Trinajstić information content (AvgIpc) is 2.60. The number of nitrogens with zero attached hydrogens (tertiary/aromatic N) is 1. The van der Waals surface area contributed by atoms with E-state index in [0.29, 0.717) is 0 Å². The molecule has 1 fully saturated rings. The molecular formula is C12H13NOS. The molecule has 1 aliphatic carbocycles. The maximum Gasteiger partial charge on any atom is 0.0914 e. The van der Waals surface area contributed by atoms with Crippen LogP contribution in [0.1, 0.15) is 34.6 Å². The van der Waals surface area contributed by atoms with Crippen LogP contribution < -0.4 is 0 Å². The molecule has 1 saturated carbocycles. The van der Waals surface area contributed by atoms with Gasteiger partial charge in [-0.05, 0) is 30.9 Å². The molecule has 0 radical (unpaired) electrons. The van der Waals surface area contributed by atoms with Crippen molar-refractivity contribution in [2.24, 2.45) is 0 Å². The molecule has 0 spiro atoms. The Balaban J connectivity index is 1.99. The van der Waals surface area contributed by atoms with Gasteiger partial charge >= 0.3 is 0 Å². The molecule has 0 amide bonds. The van der Waals surface area contributed by atoms with Gasteiger partial charge in [-0.1, -0.05) is 0 Å². The molecular weight excluding hydrogens is 206 g/mol. The lowest BCUT2D eigenvalue weighted by molar-refractivity contribution is 0.112. The van der Waals surface area contributed by atoms with Crippen molar-refractivity contribution in [2.75, 3.05) is 6.61 Å². The molecule has 1 aromatic rings. The number of rotatable bonds is 1. The second-order valence-electron chi connectivity index (χ2n) is 4.41. The van der Waals surface area contributed by atoms with Gasteiger partial charge in [-0.2, -0.15) is 5.26 Å². The van der Waals surface area contributed by atoms with Crippen LogP contribution in [-0.4, -0.2) is 6.61 Å². The lowest BCUT2D eigenvalue weighted by atomic mass is 9.69. The van der Waals surface area contributed by atoms with E-state index in [1.165, 1.54) is 21.7 Å². The van der Waals surface area contributed by atoms with Gasteiger partial charge in [-0.25, -0.2) is 0 Å². The number of hydrogen-bond donors (Lipinski definition) is 0. The van der Waals surface area contributed by atoms with Crippen LogP contribution in [0.2, 0.25) is 0 Å². The molecule has 0 aromatic carbocycles. The fourth-order valence-corrected chi connectivity index (χ4v) is 3.67. The van der Waals surface area contributed by atoms with Gasteiger partial charge in [0.05, 0.1) is 24.7 Å². The third-order valence-electron chi connectivity index (χ3n) is 3.52. The second-order valence-corrected chi connectivity index (χ2v) is 5.55. The Labute approximate surface area is 93.5 Å². The van der Waals surface area contributed by atoms with Crippen molar-refractivity contribution in [2.45, 2.75) is 37.7 Å². The van der Waals surface area contributed by atoms with E-state index in [2.05, 4.69) is 12.1 Å². The largest absolute Gasteiger partial charge is 0.376 e. The van der Waals surface area contributed by atoms with E-state index in [1.807, 2.05) is 11.3 Å². The third-order valence-corrected chi connectivity index (χ3v) is 4.96. The molecule has 3 heteroatoms. The van der Waals surface area contributed by atoms with Crippen LogP contribution >= 0.6 is 11.3 Å². The zero-order valence-electron chi connectivity index (χ0n) is 8.58. The van der Waals surface area contributed by atoms with Crippen LogP contribution in [0.3, 0.4) is 0 Å². The van der Waals surface area contributed by atoms with Gasteiger partial charge in [0.15, 0.2) is 0 Å². The van der Waals surface area contributed by atoms with Crippen molar-refractivity contribution in [3.63, 3.8) is 0 Å². The van der Waals surface area contributed by atoms with Gasteiger partial charge in [-0.15, -0.1) is 11.3 Å². The number of nitriles is 1. The molecule has 0 N–H and O–H groups in total. The minimum absolute atomic E-state index is 0.137. The maximum absolute atomic E-state index is 9.28. The van der Waals surface area contributed by atoms with E-state index in [-0.39, 0.29) is 5.41 Å². The number of ether oxygens (including phenoxy) is 1. The highest BCUT2D eigenvalue weighted by Crippen LogP contribution is 2.47. The first kappa shape index (κ1) is 9.38. The molecule has 0 bridgehead atoms. The highest BCUT2D eigenvalue weighted by Gasteiger charge is 2.40. The summed E-state index contributed by atoms with van der Waals surface area (Å²) in [6, 6.07) is 4.72. The van der Waals surface area contributed by atoms with Gasteiger partial charge in [0, 0.05) is 16.2 Å². The zero-order valence-corrected chi connectivity index (χ0v) is 9.40. The van der Waals surface area contributed by atoms with Crippen LogP contribution in [0.15, 0.2) is 6.07 Å². The van der Waals surface area contributed by atoms with Crippen molar-refractivity contribution < 1.29 is 4.74 Å². The Morgan fingerprint density at radius 3 is 2.93 bits per heavy atom. The van der Waals surface area contributed by atoms with Crippen LogP contribution in [0.5, 0.6) is 0 Å². The Morgan fingerprint density at radius 2 is 2.33 bits per heavy atom. The lowest BCUT2D eigenvalue weighted by Crippen LogP contribution is -2.31. The fraction of sp³-hybridized carbons (Fsp3) is 0.583. The van der Waals surface area contributed by atoms with E-state index in [4.69, 9.17) is 4.74 Å². The number of hydrogen-bond acceptors (Lipinski definition) is 3. The SMILES string of the molecule is N#CC1(c2cc3c(s2)CCOC3)CCC1. The first-order valence-corrected chi connectivity index (χ1v) is 6.27. The first-order chi connectivity index (χ1) is 7.34. The standard InChI is InChI=1S/C12H13NOS/c13-8-12(3-1-4-12)11-6-9-7-14-5-2-10(9)15-11/h6H,1-5,7H2. The minimum Gasteiger partial charge on any atom is -0.376 e. The summed E-state index contributed by atoms with van der Waals surface area (Å²) in [5, 5.41) is 9.28. The predicted molar refractivity (Wildman–Crippen MR) is 58.8 cm³/mol. The predicted octanol–water partition coefficient (Wildman–Crippen LogP) is 2.77. The van der Waals surface area contributed by atoms with Crippen molar-refractivity contribution in [1.82, 2.24) is 0 Å². The summed E-state index contributed by atoms with van der Waals surface area (Å²) >= 11 is 1.84. The van der Waals surface area contributed by atoms with Crippen LogP contribution in [0.4, 0.5) is 0 Å². The molecule has 0 saturated heterocycles. The van der Waals surface area contributed by atoms with E-state index in [9.17, 15) is 5.26 Å². The van der Waals surface area contributed by atoms with Crippen LogP contribution in [0, 0.1) is 11.3 Å². The Bertz CT molecular complexity index is 402. The molecule has 3 rings (SSSR count). The van der Waals surface area contributed by atoms with Gasteiger partial charge < -0.3 is 4.74 Å². The van der Waals surface area contributed by atoms with E-state index >= 15 is 0 Å². The molecule has 0 unspecified atom stereocenters. The fourth-order valence-electron chi connectivity index (χ4n) is 2.33. The molecule has 78 valence electrons. The Hall–Kier alpha value is -0.850. The summed E-state index contributed by atoms with van der Waals surface area (Å²) in [5.41, 5.74) is 1.19. The molecule has 0 atom stereocenters. The monoisotopic (exact) mass is 219 g/mol. The average molecular weight is 219 g/mol. The van der Waals surface area contributed by atoms with Crippen LogP contribution in [-0.2, 0) is 23.2 Å². The van der Waals surface area contributed by atoms with Crippen molar-refractivity contribution in [3.05, 3.63) is 21.4 Å². The maximum atomic E-state index is 9.28. The van der Waals surface area contributed by atoms with Crippen molar-refractivity contribution in [3.8, 4) is 6.07 Å². The van der Waals surface area contributed by atoms with E-state index in [1.54, 1.807) is 0 Å². The molecule has 15 heavy (non-hydrogen) atoms. The number of thiophene rings is 1. The van der Waals surface area contributed by atoms with Gasteiger partial charge in [0.25, 0.3) is 0 Å². The van der Waals surface area contributed by atoms with Crippen molar-refractivity contribution >= 4 is 11.3 Å². The summed E-state index contributed by atoms with van der Waals surface area (Å²) in [4.78, 5) is 2.73. The molecule has 1 aliphatic heterocycles. The normalized spacial score (nSPS) is 22.6. The third kappa shape index (κ3) is 1.32.